The third-order valence-electron chi connectivity index (χ3n) is 3.05. The number of carbonyl (C=O) groups is 1. The molecule has 1 heterocycles. The molecule has 1 aromatic heterocycles. The van der Waals surface area contributed by atoms with Gasteiger partial charge in [0.05, 0.1) is 12.2 Å². The van der Waals surface area contributed by atoms with Crippen molar-refractivity contribution < 1.29 is 27.5 Å². The zero-order valence-electron chi connectivity index (χ0n) is 11.7. The molecule has 1 aromatic carbocycles. The van der Waals surface area contributed by atoms with Crippen LogP contribution in [0.5, 0.6) is 0 Å². The molecular formula is C15H12F4N2O2. The molecule has 23 heavy (non-hydrogen) atoms. The van der Waals surface area contributed by atoms with Crippen LogP contribution in [0.3, 0.4) is 0 Å². The first-order valence-corrected chi connectivity index (χ1v) is 6.51. The van der Waals surface area contributed by atoms with Gasteiger partial charge in [-0.15, -0.1) is 0 Å². The number of halogens is 4. The molecule has 0 fully saturated rings. The zero-order valence-corrected chi connectivity index (χ0v) is 11.7. The van der Waals surface area contributed by atoms with Gasteiger partial charge in [-0.3, -0.25) is 9.78 Å². The number of benzene rings is 1. The van der Waals surface area contributed by atoms with Crippen molar-refractivity contribution in [3.63, 3.8) is 0 Å². The average Bonchev–Trinajstić information content (AvgIpc) is 2.53. The van der Waals surface area contributed by atoms with E-state index < -0.39 is 35.8 Å². The van der Waals surface area contributed by atoms with Gasteiger partial charge in [-0.05, 0) is 29.8 Å². The van der Waals surface area contributed by atoms with E-state index in [1.165, 1.54) is 18.2 Å². The summed E-state index contributed by atoms with van der Waals surface area (Å²) in [4.78, 5) is 15.1. The van der Waals surface area contributed by atoms with Crippen LogP contribution in [0.15, 0.2) is 36.5 Å². The summed E-state index contributed by atoms with van der Waals surface area (Å²) in [7, 11) is 0. The minimum atomic E-state index is -4.74. The van der Waals surface area contributed by atoms with E-state index in [0.717, 1.165) is 18.3 Å². The normalized spacial score (nSPS) is 11.3. The predicted molar refractivity (Wildman–Crippen MR) is 72.7 cm³/mol. The molecule has 4 nitrogen and oxygen atoms in total. The highest BCUT2D eigenvalue weighted by molar-refractivity contribution is 5.95. The third-order valence-corrected chi connectivity index (χ3v) is 3.05. The van der Waals surface area contributed by atoms with Gasteiger partial charge in [0.2, 0.25) is 0 Å². The lowest BCUT2D eigenvalue weighted by molar-refractivity contribution is -0.141. The molecule has 0 radical (unpaired) electrons. The van der Waals surface area contributed by atoms with Gasteiger partial charge in [-0.25, -0.2) is 4.39 Å². The smallest absolute Gasteiger partial charge is 0.392 e. The summed E-state index contributed by atoms with van der Waals surface area (Å²) in [5.74, 6) is -1.55. The SMILES string of the molecule is O=C(NCc1ccc(F)c(CO)c1)c1cccnc1C(F)(F)F. The number of amides is 1. The molecule has 0 spiro atoms. The van der Waals surface area contributed by atoms with Crippen molar-refractivity contribution >= 4 is 5.91 Å². The second-order valence-electron chi connectivity index (χ2n) is 4.66. The molecule has 0 unspecified atom stereocenters. The van der Waals surface area contributed by atoms with Crippen LogP contribution in [0.25, 0.3) is 0 Å². The summed E-state index contributed by atoms with van der Waals surface area (Å²) in [6.45, 7) is -0.632. The molecule has 0 saturated heterocycles. The number of nitrogens with one attached hydrogen (secondary N) is 1. The first-order chi connectivity index (χ1) is 10.8. The van der Waals surface area contributed by atoms with Crippen LogP contribution in [-0.4, -0.2) is 16.0 Å². The fraction of sp³-hybridized carbons (Fsp3) is 0.200. The number of aromatic nitrogens is 1. The van der Waals surface area contributed by atoms with E-state index in [4.69, 9.17) is 5.11 Å². The Morgan fingerprint density at radius 3 is 2.65 bits per heavy atom. The number of rotatable bonds is 4. The summed E-state index contributed by atoms with van der Waals surface area (Å²) in [5.41, 5.74) is -1.38. The van der Waals surface area contributed by atoms with Crippen LogP contribution in [-0.2, 0) is 19.3 Å². The van der Waals surface area contributed by atoms with Crippen LogP contribution < -0.4 is 5.32 Å². The number of carbonyl (C=O) groups excluding carboxylic acids is 1. The maximum atomic E-state index is 13.2. The summed E-state index contributed by atoms with van der Waals surface area (Å²) in [5, 5.41) is 11.3. The summed E-state index contributed by atoms with van der Waals surface area (Å²) in [6.07, 6.45) is -3.79. The fourth-order valence-corrected chi connectivity index (χ4v) is 1.95. The monoisotopic (exact) mass is 328 g/mol. The molecule has 0 atom stereocenters. The number of hydrogen-bond donors (Lipinski definition) is 2. The van der Waals surface area contributed by atoms with Crippen molar-refractivity contribution in [3.05, 3.63) is 64.7 Å². The summed E-state index contributed by atoms with van der Waals surface area (Å²) in [6, 6.07) is 6.05. The first kappa shape index (κ1) is 16.9. The molecule has 0 aliphatic rings. The molecule has 0 saturated carbocycles. The third kappa shape index (κ3) is 4.04. The van der Waals surface area contributed by atoms with E-state index in [0.29, 0.717) is 5.56 Å². The van der Waals surface area contributed by atoms with Crippen molar-refractivity contribution in [3.8, 4) is 0 Å². The number of hydrogen-bond acceptors (Lipinski definition) is 3. The minimum absolute atomic E-state index is 0.0362. The number of pyridine rings is 1. The van der Waals surface area contributed by atoms with Gasteiger partial charge in [-0.1, -0.05) is 6.07 Å². The Balaban J connectivity index is 2.15. The highest BCUT2D eigenvalue weighted by atomic mass is 19.4. The van der Waals surface area contributed by atoms with Gasteiger partial charge in [0.25, 0.3) is 5.91 Å². The maximum absolute atomic E-state index is 13.2. The van der Waals surface area contributed by atoms with Gasteiger partial charge in [0, 0.05) is 18.3 Å². The number of alkyl halides is 3. The second kappa shape index (κ2) is 6.74. The van der Waals surface area contributed by atoms with E-state index in [1.807, 2.05) is 0 Å². The van der Waals surface area contributed by atoms with E-state index in [1.54, 1.807) is 0 Å². The maximum Gasteiger partial charge on any atom is 0.434 e. The molecule has 2 N–H and O–H groups in total. The lowest BCUT2D eigenvalue weighted by Gasteiger charge is -2.12. The largest absolute Gasteiger partial charge is 0.434 e. The van der Waals surface area contributed by atoms with Crippen molar-refractivity contribution in [2.75, 3.05) is 0 Å². The van der Waals surface area contributed by atoms with Crippen LogP contribution in [0.4, 0.5) is 17.6 Å². The van der Waals surface area contributed by atoms with Gasteiger partial charge in [-0.2, -0.15) is 13.2 Å². The topological polar surface area (TPSA) is 62.2 Å². The van der Waals surface area contributed by atoms with Crippen LogP contribution >= 0.6 is 0 Å². The Labute approximate surface area is 128 Å². The Hall–Kier alpha value is -2.48. The fourth-order valence-electron chi connectivity index (χ4n) is 1.95. The van der Waals surface area contributed by atoms with E-state index >= 15 is 0 Å². The molecule has 8 heteroatoms. The molecule has 0 bridgehead atoms. The molecule has 122 valence electrons. The number of aliphatic hydroxyl groups excluding tert-OH is 1. The highest BCUT2D eigenvalue weighted by Gasteiger charge is 2.36. The Morgan fingerprint density at radius 1 is 1.26 bits per heavy atom. The summed E-state index contributed by atoms with van der Waals surface area (Å²) >= 11 is 0. The Morgan fingerprint density at radius 2 is 2.00 bits per heavy atom. The van der Waals surface area contributed by atoms with Crippen LogP contribution in [0, 0.1) is 5.82 Å². The quantitative estimate of drug-likeness (QED) is 0.848. The van der Waals surface area contributed by atoms with Gasteiger partial charge < -0.3 is 10.4 Å². The highest BCUT2D eigenvalue weighted by Crippen LogP contribution is 2.29. The molecule has 1 amide bonds. The van der Waals surface area contributed by atoms with Crippen molar-refractivity contribution in [1.82, 2.24) is 10.3 Å². The van der Waals surface area contributed by atoms with Gasteiger partial charge in [0.15, 0.2) is 5.69 Å². The number of nitrogens with zero attached hydrogens (tertiary/aromatic N) is 1. The lowest BCUT2D eigenvalue weighted by atomic mass is 10.1. The standard InChI is InChI=1S/C15H12F4N2O2/c16-12-4-3-9(6-10(12)8-22)7-21-14(23)11-2-1-5-20-13(11)15(17,18)19/h1-6,22H,7-8H2,(H,21,23). The molecule has 2 aromatic rings. The van der Waals surface area contributed by atoms with Gasteiger partial charge >= 0.3 is 6.18 Å². The van der Waals surface area contributed by atoms with Crippen LogP contribution in [0.2, 0.25) is 0 Å². The zero-order chi connectivity index (χ0) is 17.0. The van der Waals surface area contributed by atoms with Crippen LogP contribution in [0.1, 0.15) is 27.2 Å². The Bertz CT molecular complexity index is 717. The average molecular weight is 328 g/mol. The van der Waals surface area contributed by atoms with Crippen molar-refractivity contribution in [2.24, 2.45) is 0 Å². The molecule has 0 aliphatic carbocycles. The van der Waals surface area contributed by atoms with E-state index in [2.05, 4.69) is 10.3 Å². The first-order valence-electron chi connectivity index (χ1n) is 6.51. The number of aliphatic hydroxyl groups is 1. The van der Waals surface area contributed by atoms with Crippen molar-refractivity contribution in [2.45, 2.75) is 19.3 Å². The minimum Gasteiger partial charge on any atom is -0.392 e. The predicted octanol–water partition coefficient (Wildman–Crippen LogP) is 2.66. The lowest BCUT2D eigenvalue weighted by Crippen LogP contribution is -2.26. The van der Waals surface area contributed by atoms with E-state index in [9.17, 15) is 22.4 Å². The summed E-state index contributed by atoms with van der Waals surface area (Å²) < 4.78 is 51.6. The van der Waals surface area contributed by atoms with E-state index in [-0.39, 0.29) is 12.1 Å². The molecule has 2 rings (SSSR count). The Kier molecular flexibility index (Phi) is 4.95. The van der Waals surface area contributed by atoms with Gasteiger partial charge in [0.1, 0.15) is 5.82 Å². The second-order valence-corrected chi connectivity index (χ2v) is 4.66. The van der Waals surface area contributed by atoms with Crippen molar-refractivity contribution in [1.29, 1.82) is 0 Å². The molecule has 0 aliphatic heterocycles. The molecular weight excluding hydrogens is 316 g/mol.